The first kappa shape index (κ1) is 25.3. The number of carbonyl (C=O) groups excluding carboxylic acids is 1. The van der Waals surface area contributed by atoms with Gasteiger partial charge in [-0.2, -0.15) is 0 Å². The molecule has 0 N–H and O–H groups in total. The van der Waals surface area contributed by atoms with Gasteiger partial charge < -0.3 is 13.6 Å². The van der Waals surface area contributed by atoms with Crippen molar-refractivity contribution in [2.45, 2.75) is 104 Å². The fourth-order valence-corrected chi connectivity index (χ4v) is 4.37. The Morgan fingerprint density at radius 2 is 1.61 bits per heavy atom. The smallest absolute Gasteiger partial charge is 0.201 e. The van der Waals surface area contributed by atoms with E-state index in [0.717, 1.165) is 0 Å². The van der Waals surface area contributed by atoms with E-state index in [1.807, 2.05) is 26.8 Å². The van der Waals surface area contributed by atoms with Gasteiger partial charge in [0.25, 0.3) is 0 Å². The SMILES string of the molecule is CC(C)(C)O[C@@H]1C=C(C#CCCO[Si](C)(C)C)C(=O)[C@H]1O[Si](C)(C)C(C)(C)C. The molecule has 0 fully saturated rings. The summed E-state index contributed by atoms with van der Waals surface area (Å²) in [6.45, 7) is 23.9. The second-order valence-electron chi connectivity index (χ2n) is 11.0. The molecule has 0 aliphatic heterocycles. The topological polar surface area (TPSA) is 44.8 Å². The van der Waals surface area contributed by atoms with Gasteiger partial charge in [0.2, 0.25) is 5.78 Å². The molecule has 2 atom stereocenters. The van der Waals surface area contributed by atoms with Crippen molar-refractivity contribution in [2.75, 3.05) is 6.61 Å². The van der Waals surface area contributed by atoms with Crippen LogP contribution in [0.15, 0.2) is 11.6 Å². The van der Waals surface area contributed by atoms with Crippen molar-refractivity contribution in [1.82, 2.24) is 0 Å². The molecule has 28 heavy (non-hydrogen) atoms. The van der Waals surface area contributed by atoms with Crippen molar-refractivity contribution in [3.05, 3.63) is 11.6 Å². The van der Waals surface area contributed by atoms with Crippen molar-refractivity contribution in [1.29, 1.82) is 0 Å². The van der Waals surface area contributed by atoms with Crippen molar-refractivity contribution >= 4 is 22.4 Å². The Morgan fingerprint density at radius 3 is 2.07 bits per heavy atom. The van der Waals surface area contributed by atoms with Crippen molar-refractivity contribution in [3.8, 4) is 11.8 Å². The third kappa shape index (κ3) is 7.96. The Bertz CT molecular complexity index is 649. The molecular formula is C22H40O4Si2. The van der Waals surface area contributed by atoms with Crippen LogP contribution >= 0.6 is 0 Å². The van der Waals surface area contributed by atoms with Crippen LogP contribution in [0.3, 0.4) is 0 Å². The van der Waals surface area contributed by atoms with Crippen LogP contribution in [-0.2, 0) is 18.4 Å². The summed E-state index contributed by atoms with van der Waals surface area (Å²) < 4.78 is 18.4. The van der Waals surface area contributed by atoms with E-state index in [2.05, 4.69) is 65.3 Å². The van der Waals surface area contributed by atoms with E-state index in [4.69, 9.17) is 13.6 Å². The standard InChI is InChI=1S/C22H40O4Si2/c1-21(2,3)25-18-16-17(14-12-13-15-24-27(7,8)9)19(23)20(18)26-28(10,11)22(4,5)6/h16,18,20H,13,15H2,1-11H3/t18-,20+/m1/s1. The predicted molar refractivity (Wildman–Crippen MR) is 121 cm³/mol. The van der Waals surface area contributed by atoms with E-state index in [9.17, 15) is 4.79 Å². The molecule has 160 valence electrons. The molecule has 0 aromatic heterocycles. The van der Waals surface area contributed by atoms with Gasteiger partial charge in [-0.05, 0) is 64.6 Å². The fraction of sp³-hybridized carbons (Fsp3) is 0.773. The molecule has 0 heterocycles. The third-order valence-electron chi connectivity index (χ3n) is 4.86. The zero-order chi connectivity index (χ0) is 22.0. The maximum absolute atomic E-state index is 13.1. The van der Waals surface area contributed by atoms with Gasteiger partial charge >= 0.3 is 0 Å². The number of Topliss-reactive ketones (excluding diaryl/α,β-unsaturated/α-hetero) is 1. The zero-order valence-corrected chi connectivity index (χ0v) is 21.8. The van der Waals surface area contributed by atoms with Crippen LogP contribution in [0.2, 0.25) is 37.8 Å². The van der Waals surface area contributed by atoms with E-state index in [-0.39, 0.29) is 16.4 Å². The first-order valence-electron chi connectivity index (χ1n) is 10.2. The second-order valence-corrected chi connectivity index (χ2v) is 20.2. The van der Waals surface area contributed by atoms with Gasteiger partial charge in [0.1, 0.15) is 12.2 Å². The molecule has 0 spiro atoms. The number of hydrogen-bond donors (Lipinski definition) is 0. The summed E-state index contributed by atoms with van der Waals surface area (Å²) in [6, 6.07) is 0. The lowest BCUT2D eigenvalue weighted by Gasteiger charge is -2.40. The second kappa shape index (κ2) is 8.97. The summed E-state index contributed by atoms with van der Waals surface area (Å²) in [5.74, 6) is 6.07. The van der Waals surface area contributed by atoms with E-state index in [0.29, 0.717) is 18.6 Å². The number of carbonyl (C=O) groups is 1. The Labute approximate surface area is 174 Å². The lowest BCUT2D eigenvalue weighted by atomic mass is 10.1. The van der Waals surface area contributed by atoms with E-state index >= 15 is 0 Å². The normalized spacial score (nSPS) is 21.4. The monoisotopic (exact) mass is 424 g/mol. The van der Waals surface area contributed by atoms with Crippen LogP contribution in [0, 0.1) is 11.8 Å². The summed E-state index contributed by atoms with van der Waals surface area (Å²) in [4.78, 5) is 13.1. The minimum absolute atomic E-state index is 0.0160. The Hall–Kier alpha value is -0.716. The quantitative estimate of drug-likeness (QED) is 0.329. The summed E-state index contributed by atoms with van der Waals surface area (Å²) in [5, 5.41) is 0.0160. The molecular weight excluding hydrogens is 384 g/mol. The van der Waals surface area contributed by atoms with Gasteiger partial charge in [-0.25, -0.2) is 0 Å². The molecule has 1 aliphatic carbocycles. The first-order valence-corrected chi connectivity index (χ1v) is 16.5. The molecule has 0 radical (unpaired) electrons. The van der Waals surface area contributed by atoms with E-state index in [1.54, 1.807) is 0 Å². The lowest BCUT2D eigenvalue weighted by molar-refractivity contribution is -0.131. The average molecular weight is 425 g/mol. The van der Waals surface area contributed by atoms with Gasteiger partial charge in [0.05, 0.1) is 11.2 Å². The van der Waals surface area contributed by atoms with Gasteiger partial charge in [-0.15, -0.1) is 0 Å². The zero-order valence-electron chi connectivity index (χ0n) is 19.8. The van der Waals surface area contributed by atoms with Crippen LogP contribution in [-0.4, -0.2) is 46.8 Å². The van der Waals surface area contributed by atoms with Crippen molar-refractivity contribution < 1.29 is 18.4 Å². The Balaban J connectivity index is 2.96. The molecule has 6 heteroatoms. The highest BCUT2D eigenvalue weighted by Crippen LogP contribution is 2.39. The Morgan fingerprint density at radius 1 is 1.04 bits per heavy atom. The largest absolute Gasteiger partial charge is 0.417 e. The highest BCUT2D eigenvalue weighted by atomic mass is 28.4. The van der Waals surface area contributed by atoms with Gasteiger partial charge in [-0.3, -0.25) is 4.79 Å². The van der Waals surface area contributed by atoms with Gasteiger partial charge in [0, 0.05) is 13.0 Å². The van der Waals surface area contributed by atoms with E-state index < -0.39 is 28.8 Å². The van der Waals surface area contributed by atoms with Crippen LogP contribution < -0.4 is 0 Å². The highest BCUT2D eigenvalue weighted by Gasteiger charge is 2.46. The molecule has 1 rings (SSSR count). The van der Waals surface area contributed by atoms with Crippen molar-refractivity contribution in [2.24, 2.45) is 0 Å². The van der Waals surface area contributed by atoms with E-state index in [1.165, 1.54) is 0 Å². The number of hydrogen-bond acceptors (Lipinski definition) is 4. The third-order valence-corrected chi connectivity index (χ3v) is 10.4. The van der Waals surface area contributed by atoms with Gasteiger partial charge in [0.15, 0.2) is 16.6 Å². The number of rotatable bonds is 6. The lowest BCUT2D eigenvalue weighted by Crippen LogP contribution is -2.49. The summed E-state index contributed by atoms with van der Waals surface area (Å²) in [5.41, 5.74) is 0.135. The average Bonchev–Trinajstić information content (AvgIpc) is 2.71. The molecule has 0 bridgehead atoms. The molecule has 4 nitrogen and oxygen atoms in total. The summed E-state index contributed by atoms with van der Waals surface area (Å²) in [6.07, 6.45) is 1.46. The minimum atomic E-state index is -2.12. The van der Waals surface area contributed by atoms with Crippen LogP contribution in [0.5, 0.6) is 0 Å². The van der Waals surface area contributed by atoms with Crippen LogP contribution in [0.1, 0.15) is 48.0 Å². The molecule has 0 saturated heterocycles. The molecule has 1 aliphatic rings. The summed E-state index contributed by atoms with van der Waals surface area (Å²) >= 11 is 0. The highest BCUT2D eigenvalue weighted by molar-refractivity contribution is 6.74. The molecule has 0 saturated carbocycles. The predicted octanol–water partition coefficient (Wildman–Crippen LogP) is 5.31. The van der Waals surface area contributed by atoms with Crippen LogP contribution in [0.4, 0.5) is 0 Å². The number of ether oxygens (including phenoxy) is 1. The van der Waals surface area contributed by atoms with Gasteiger partial charge in [-0.1, -0.05) is 32.6 Å². The minimum Gasteiger partial charge on any atom is -0.417 e. The number of ketones is 1. The molecule has 0 aromatic carbocycles. The summed E-state index contributed by atoms with van der Waals surface area (Å²) in [7, 11) is -3.65. The van der Waals surface area contributed by atoms with Crippen LogP contribution in [0.25, 0.3) is 0 Å². The fourth-order valence-electron chi connectivity index (χ4n) is 2.42. The maximum atomic E-state index is 13.1. The molecule has 0 aromatic rings. The molecule has 0 amide bonds. The maximum Gasteiger partial charge on any atom is 0.201 e. The molecule has 0 unspecified atom stereocenters. The first-order chi connectivity index (χ1) is 12.4. The van der Waals surface area contributed by atoms with Crippen molar-refractivity contribution in [3.63, 3.8) is 0 Å². The Kier molecular flexibility index (Phi) is 8.11.